The van der Waals surface area contributed by atoms with E-state index in [0.717, 1.165) is 19.3 Å². The van der Waals surface area contributed by atoms with Gasteiger partial charge in [-0.2, -0.15) is 0 Å². The van der Waals surface area contributed by atoms with Crippen molar-refractivity contribution in [3.05, 3.63) is 0 Å². The summed E-state index contributed by atoms with van der Waals surface area (Å²) in [4.78, 5) is 23.2. The van der Waals surface area contributed by atoms with Gasteiger partial charge in [0, 0.05) is 12.8 Å². The first-order chi connectivity index (χ1) is 14.8. The molecule has 0 bridgehead atoms. The van der Waals surface area contributed by atoms with Crippen LogP contribution in [0.4, 0.5) is 0 Å². The minimum absolute atomic E-state index is 0.0350. The molecule has 1 unspecified atom stereocenters. The summed E-state index contributed by atoms with van der Waals surface area (Å²) in [5.74, 6) is 1.38. The Morgan fingerprint density at radius 2 is 0.903 bits per heavy atom. The average molecular weight is 441 g/mol. The van der Waals surface area contributed by atoms with Crippen LogP contribution in [0.5, 0.6) is 0 Å². The van der Waals surface area contributed by atoms with Crippen LogP contribution in [0.3, 0.4) is 0 Å². The van der Waals surface area contributed by atoms with E-state index in [-0.39, 0.29) is 11.9 Å². The topological polar surface area (TPSA) is 52.6 Å². The van der Waals surface area contributed by atoms with Crippen molar-refractivity contribution in [1.29, 1.82) is 0 Å². The highest BCUT2D eigenvalue weighted by molar-refractivity contribution is 5.69. The van der Waals surface area contributed by atoms with E-state index in [1.165, 1.54) is 64.2 Å². The van der Waals surface area contributed by atoms with Gasteiger partial charge in [-0.05, 0) is 30.6 Å². The Kier molecular flexibility index (Phi) is 20.1. The number of hydrogen-bond acceptors (Lipinski definition) is 4. The molecule has 0 aromatic rings. The van der Waals surface area contributed by atoms with Crippen LogP contribution in [-0.2, 0) is 19.1 Å². The molecule has 4 nitrogen and oxygen atoms in total. The van der Waals surface area contributed by atoms with E-state index in [9.17, 15) is 9.59 Å². The molecule has 0 radical (unpaired) electrons. The third-order valence-electron chi connectivity index (χ3n) is 5.57. The van der Waals surface area contributed by atoms with Gasteiger partial charge < -0.3 is 9.47 Å². The third kappa shape index (κ3) is 23.4. The molecule has 0 rings (SSSR count). The lowest BCUT2D eigenvalue weighted by Gasteiger charge is -2.11. The molecule has 0 aromatic carbocycles. The third-order valence-corrected chi connectivity index (χ3v) is 5.57. The Hall–Kier alpha value is -1.06. The summed E-state index contributed by atoms with van der Waals surface area (Å²) in [5.41, 5.74) is 0. The fourth-order valence-electron chi connectivity index (χ4n) is 3.53. The van der Waals surface area contributed by atoms with Crippen molar-refractivity contribution in [1.82, 2.24) is 0 Å². The van der Waals surface area contributed by atoms with E-state index in [0.29, 0.717) is 43.8 Å². The van der Waals surface area contributed by atoms with E-state index in [2.05, 4.69) is 34.6 Å². The zero-order chi connectivity index (χ0) is 23.3. The first-order valence-corrected chi connectivity index (χ1v) is 13.1. The summed E-state index contributed by atoms with van der Waals surface area (Å²) in [7, 11) is 0. The minimum Gasteiger partial charge on any atom is -0.465 e. The molecule has 0 spiro atoms. The molecule has 0 amide bonds. The number of unbranched alkanes of at least 4 members (excludes halogenated alkanes) is 10. The Bertz CT molecular complexity index is 431. The lowest BCUT2D eigenvalue weighted by Crippen LogP contribution is -2.11. The summed E-state index contributed by atoms with van der Waals surface area (Å²) in [6, 6.07) is 0. The van der Waals surface area contributed by atoms with Gasteiger partial charge in [-0.1, -0.05) is 105 Å². The summed E-state index contributed by atoms with van der Waals surface area (Å²) >= 11 is 0. The number of esters is 2. The van der Waals surface area contributed by atoms with E-state index in [1.807, 2.05) is 0 Å². The molecule has 184 valence electrons. The molecular weight excluding hydrogens is 388 g/mol. The zero-order valence-electron chi connectivity index (χ0n) is 21.4. The maximum atomic E-state index is 11.7. The molecule has 31 heavy (non-hydrogen) atoms. The Labute approximate surface area is 193 Å². The van der Waals surface area contributed by atoms with Crippen molar-refractivity contribution in [3.63, 3.8) is 0 Å². The first kappa shape index (κ1) is 29.9. The second kappa shape index (κ2) is 20.8. The SMILES string of the molecule is CC(C)COC(=O)CCCCCCCCCCCCCC(C)CCC(=O)OCC(C)C. The van der Waals surface area contributed by atoms with E-state index in [1.54, 1.807) is 0 Å². The molecule has 0 fully saturated rings. The smallest absolute Gasteiger partial charge is 0.305 e. The number of hydrogen-bond donors (Lipinski definition) is 0. The fraction of sp³-hybridized carbons (Fsp3) is 0.926. The van der Waals surface area contributed by atoms with Crippen LogP contribution < -0.4 is 0 Å². The molecular formula is C27H52O4. The summed E-state index contributed by atoms with van der Waals surface area (Å²) in [5, 5.41) is 0. The van der Waals surface area contributed by atoms with E-state index < -0.39 is 0 Å². The maximum Gasteiger partial charge on any atom is 0.305 e. The van der Waals surface area contributed by atoms with Crippen molar-refractivity contribution >= 4 is 11.9 Å². The highest BCUT2D eigenvalue weighted by Crippen LogP contribution is 2.17. The maximum absolute atomic E-state index is 11.7. The number of ether oxygens (including phenoxy) is 2. The molecule has 0 aliphatic heterocycles. The van der Waals surface area contributed by atoms with Crippen molar-refractivity contribution < 1.29 is 19.1 Å². The molecule has 0 aromatic heterocycles. The van der Waals surface area contributed by atoms with E-state index >= 15 is 0 Å². The fourth-order valence-corrected chi connectivity index (χ4v) is 3.53. The Morgan fingerprint density at radius 3 is 1.35 bits per heavy atom. The highest BCUT2D eigenvalue weighted by Gasteiger charge is 2.08. The standard InChI is InChI=1S/C27H52O4/c1-23(2)21-30-26(28)18-16-14-12-10-8-6-7-9-11-13-15-17-25(5)19-20-27(29)31-22-24(3)4/h23-25H,6-22H2,1-5H3. The van der Waals surface area contributed by atoms with Crippen LogP contribution in [0.25, 0.3) is 0 Å². The highest BCUT2D eigenvalue weighted by atomic mass is 16.5. The van der Waals surface area contributed by atoms with Gasteiger partial charge in [0.15, 0.2) is 0 Å². The molecule has 0 N–H and O–H groups in total. The number of carbonyl (C=O) groups excluding carboxylic acids is 2. The number of rotatable bonds is 21. The zero-order valence-corrected chi connectivity index (χ0v) is 21.4. The molecule has 0 aliphatic carbocycles. The van der Waals surface area contributed by atoms with Gasteiger partial charge in [0.2, 0.25) is 0 Å². The summed E-state index contributed by atoms with van der Waals surface area (Å²) < 4.78 is 10.4. The van der Waals surface area contributed by atoms with Crippen LogP contribution in [-0.4, -0.2) is 25.2 Å². The predicted octanol–water partition coefficient (Wildman–Crippen LogP) is 7.87. The van der Waals surface area contributed by atoms with Gasteiger partial charge in [-0.3, -0.25) is 9.59 Å². The lowest BCUT2D eigenvalue weighted by atomic mass is 9.97. The van der Waals surface area contributed by atoms with Gasteiger partial charge >= 0.3 is 11.9 Å². The van der Waals surface area contributed by atoms with Crippen LogP contribution in [0.15, 0.2) is 0 Å². The van der Waals surface area contributed by atoms with Crippen LogP contribution in [0.1, 0.15) is 131 Å². The molecule has 0 aliphatic rings. The molecule has 0 saturated heterocycles. The van der Waals surface area contributed by atoms with Crippen molar-refractivity contribution in [2.75, 3.05) is 13.2 Å². The van der Waals surface area contributed by atoms with Crippen LogP contribution in [0, 0.1) is 17.8 Å². The largest absolute Gasteiger partial charge is 0.465 e. The van der Waals surface area contributed by atoms with Crippen molar-refractivity contribution in [3.8, 4) is 0 Å². The quantitative estimate of drug-likeness (QED) is 0.135. The summed E-state index contributed by atoms with van der Waals surface area (Å²) in [6.07, 6.45) is 17.2. The lowest BCUT2D eigenvalue weighted by molar-refractivity contribution is -0.145. The first-order valence-electron chi connectivity index (χ1n) is 13.1. The molecule has 0 heterocycles. The van der Waals surface area contributed by atoms with Gasteiger partial charge in [0.25, 0.3) is 0 Å². The molecule has 0 saturated carbocycles. The molecule has 1 atom stereocenters. The van der Waals surface area contributed by atoms with Crippen LogP contribution in [0.2, 0.25) is 0 Å². The number of carbonyl (C=O) groups is 2. The second-order valence-electron chi connectivity index (χ2n) is 10.2. The Balaban J connectivity index is 3.30. The monoisotopic (exact) mass is 440 g/mol. The average Bonchev–Trinajstić information content (AvgIpc) is 2.72. The Morgan fingerprint density at radius 1 is 0.516 bits per heavy atom. The van der Waals surface area contributed by atoms with Crippen LogP contribution >= 0.6 is 0 Å². The van der Waals surface area contributed by atoms with E-state index in [4.69, 9.17) is 9.47 Å². The molecule has 4 heteroatoms. The van der Waals surface area contributed by atoms with Crippen molar-refractivity contribution in [2.45, 2.75) is 131 Å². The van der Waals surface area contributed by atoms with Gasteiger partial charge in [-0.25, -0.2) is 0 Å². The van der Waals surface area contributed by atoms with Gasteiger partial charge in [-0.15, -0.1) is 0 Å². The van der Waals surface area contributed by atoms with Crippen molar-refractivity contribution in [2.24, 2.45) is 17.8 Å². The summed E-state index contributed by atoms with van der Waals surface area (Å²) in [6.45, 7) is 11.6. The predicted molar refractivity (Wildman–Crippen MR) is 130 cm³/mol. The minimum atomic E-state index is -0.0373. The normalized spacial score (nSPS) is 12.4. The van der Waals surface area contributed by atoms with Gasteiger partial charge in [0.1, 0.15) is 0 Å². The van der Waals surface area contributed by atoms with Gasteiger partial charge in [0.05, 0.1) is 13.2 Å². The second-order valence-corrected chi connectivity index (χ2v) is 10.2.